The number of amidine groups is 1. The number of carbonyl (C=O) groups is 2. The Morgan fingerprint density at radius 2 is 1.78 bits per heavy atom. The van der Waals surface area contributed by atoms with Crippen LogP contribution in [-0.2, 0) is 20.9 Å². The van der Waals surface area contributed by atoms with Crippen molar-refractivity contribution < 1.29 is 23.8 Å². The smallest absolute Gasteiger partial charge is 0.338 e. The van der Waals surface area contributed by atoms with E-state index in [1.807, 2.05) is 34.6 Å². The lowest BCUT2D eigenvalue weighted by Gasteiger charge is -2.36. The second-order valence-corrected chi connectivity index (χ2v) is 9.64. The molecule has 1 N–H and O–H groups in total. The highest BCUT2D eigenvalue weighted by atomic mass is 32.2. The highest BCUT2D eigenvalue weighted by Crippen LogP contribution is 2.46. The minimum atomic E-state index is -0.586. The van der Waals surface area contributed by atoms with Crippen LogP contribution < -0.4 is 14.8 Å². The van der Waals surface area contributed by atoms with E-state index in [-0.39, 0.29) is 18.4 Å². The third kappa shape index (κ3) is 5.96. The fraction of sp³-hybridized carbons (Fsp3) is 0.333. The summed E-state index contributed by atoms with van der Waals surface area (Å²) in [5.74, 6) is 0.560. The molecule has 9 nitrogen and oxygen atoms in total. The molecule has 1 aromatic heterocycles. The van der Waals surface area contributed by atoms with Crippen LogP contribution >= 0.6 is 11.8 Å². The lowest BCUT2D eigenvalue weighted by molar-refractivity contribution is -0.143. The summed E-state index contributed by atoms with van der Waals surface area (Å²) < 4.78 is 16.6. The summed E-state index contributed by atoms with van der Waals surface area (Å²) in [6.07, 6.45) is 3.18. The van der Waals surface area contributed by atoms with E-state index in [9.17, 15) is 9.59 Å². The summed E-state index contributed by atoms with van der Waals surface area (Å²) in [5, 5.41) is 5.54. The Balaban J connectivity index is 1.68. The number of thioether (sulfide) groups is 1. The number of hydrogen-bond donors (Lipinski definition) is 1. The number of hydrogen-bond acceptors (Lipinski definition) is 9. The maximum atomic E-state index is 13.3. The Labute approximate surface area is 220 Å². The van der Waals surface area contributed by atoms with Crippen LogP contribution in [-0.4, -0.2) is 47.3 Å². The van der Waals surface area contributed by atoms with Crippen molar-refractivity contribution in [3.05, 3.63) is 76.2 Å². The lowest BCUT2D eigenvalue weighted by Crippen LogP contribution is -2.38. The summed E-state index contributed by atoms with van der Waals surface area (Å²) in [6.45, 7) is 5.80. The van der Waals surface area contributed by atoms with Gasteiger partial charge < -0.3 is 24.4 Å². The van der Waals surface area contributed by atoms with E-state index in [4.69, 9.17) is 19.2 Å². The quantitative estimate of drug-likeness (QED) is 0.486. The van der Waals surface area contributed by atoms with Gasteiger partial charge >= 0.3 is 5.97 Å². The first-order valence-electron chi connectivity index (χ1n) is 11.8. The van der Waals surface area contributed by atoms with E-state index in [1.54, 1.807) is 53.5 Å². The number of methoxy groups -OCH3 is 2. The molecule has 37 heavy (non-hydrogen) atoms. The van der Waals surface area contributed by atoms with E-state index < -0.39 is 12.0 Å². The Morgan fingerprint density at radius 3 is 2.41 bits per heavy atom. The number of aliphatic imine (C=N–C) groups is 1. The van der Waals surface area contributed by atoms with Gasteiger partial charge in [0.2, 0.25) is 5.91 Å². The molecule has 0 saturated heterocycles. The maximum absolute atomic E-state index is 13.3. The third-order valence-corrected chi connectivity index (χ3v) is 6.72. The van der Waals surface area contributed by atoms with Crippen LogP contribution in [0.25, 0.3) is 0 Å². The van der Waals surface area contributed by atoms with Crippen molar-refractivity contribution in [3.8, 4) is 11.5 Å². The number of allylic oxidation sites excluding steroid dienone is 1. The van der Waals surface area contributed by atoms with Gasteiger partial charge in [0.1, 0.15) is 11.5 Å². The van der Waals surface area contributed by atoms with Gasteiger partial charge in [0.05, 0.1) is 44.1 Å². The molecule has 0 unspecified atom stereocenters. The van der Waals surface area contributed by atoms with Crippen LogP contribution in [0.1, 0.15) is 44.4 Å². The number of benzene rings is 1. The second-order valence-electron chi connectivity index (χ2n) is 8.80. The lowest BCUT2D eigenvalue weighted by atomic mass is 9.93. The summed E-state index contributed by atoms with van der Waals surface area (Å²) in [6, 6.07) is 8.61. The Hall–Kier alpha value is -3.79. The van der Waals surface area contributed by atoms with E-state index in [2.05, 4.69) is 10.3 Å². The minimum absolute atomic E-state index is 0.111. The zero-order valence-electron chi connectivity index (χ0n) is 21.5. The number of rotatable bonds is 9. The first-order chi connectivity index (χ1) is 17.8. The number of aromatic nitrogens is 1. The standard InChI is InChI=1S/C27H30N4O5S/c1-16(2)36-26(33)24-17(3)30-27-31(25(24)19-10-21(34-4)13-22(11-19)35-5)20(15-37-27)12-23(32)29-14-18-6-8-28-9-7-18/h6-11,13,15-16,25H,12,14H2,1-5H3,(H,29,32)/t25-/m0/s1. The Bertz CT molecular complexity index is 1250. The second kappa shape index (κ2) is 11.5. The average molecular weight is 523 g/mol. The van der Waals surface area contributed by atoms with Gasteiger partial charge in [-0.2, -0.15) is 0 Å². The molecule has 194 valence electrons. The zero-order chi connectivity index (χ0) is 26.5. The van der Waals surface area contributed by atoms with Gasteiger partial charge in [0, 0.05) is 30.7 Å². The molecular formula is C27H30N4O5S. The molecular weight excluding hydrogens is 492 g/mol. The van der Waals surface area contributed by atoms with Gasteiger partial charge in [0.15, 0.2) is 5.17 Å². The predicted molar refractivity (Wildman–Crippen MR) is 142 cm³/mol. The van der Waals surface area contributed by atoms with Crippen LogP contribution in [0.4, 0.5) is 0 Å². The predicted octanol–water partition coefficient (Wildman–Crippen LogP) is 4.33. The van der Waals surface area contributed by atoms with Crippen LogP contribution in [0.15, 0.2) is 70.1 Å². The van der Waals surface area contributed by atoms with Gasteiger partial charge in [0.25, 0.3) is 0 Å². The van der Waals surface area contributed by atoms with Gasteiger partial charge in [-0.3, -0.25) is 9.78 Å². The van der Waals surface area contributed by atoms with Crippen molar-refractivity contribution in [2.45, 2.75) is 45.9 Å². The summed E-state index contributed by atoms with van der Waals surface area (Å²) >= 11 is 1.42. The topological polar surface area (TPSA) is 102 Å². The molecule has 2 aliphatic rings. The van der Waals surface area contributed by atoms with Gasteiger partial charge in [-0.15, -0.1) is 0 Å². The monoisotopic (exact) mass is 522 g/mol. The molecule has 0 aliphatic carbocycles. The van der Waals surface area contributed by atoms with Gasteiger partial charge in [-0.25, -0.2) is 9.79 Å². The molecule has 0 bridgehead atoms. The molecule has 0 spiro atoms. The summed E-state index contributed by atoms with van der Waals surface area (Å²) in [4.78, 5) is 36.9. The van der Waals surface area contributed by atoms with Crippen molar-refractivity contribution in [3.63, 3.8) is 0 Å². The molecule has 0 fully saturated rings. The van der Waals surface area contributed by atoms with Gasteiger partial charge in [-0.05, 0) is 61.6 Å². The molecule has 1 aromatic carbocycles. The zero-order valence-corrected chi connectivity index (χ0v) is 22.3. The van der Waals surface area contributed by atoms with Gasteiger partial charge in [-0.1, -0.05) is 11.8 Å². The van der Waals surface area contributed by atoms with E-state index in [0.29, 0.717) is 34.5 Å². The molecule has 10 heteroatoms. The highest BCUT2D eigenvalue weighted by molar-refractivity contribution is 8.16. The van der Waals surface area contributed by atoms with Crippen LogP contribution in [0.3, 0.4) is 0 Å². The number of nitrogens with zero attached hydrogens (tertiary/aromatic N) is 3. The molecule has 0 saturated carbocycles. The molecule has 4 rings (SSSR count). The molecule has 1 amide bonds. The van der Waals surface area contributed by atoms with Crippen molar-refractivity contribution in [2.75, 3.05) is 14.2 Å². The fourth-order valence-electron chi connectivity index (χ4n) is 4.14. The Morgan fingerprint density at radius 1 is 1.11 bits per heavy atom. The van der Waals surface area contributed by atoms with E-state index in [1.165, 1.54) is 11.8 Å². The van der Waals surface area contributed by atoms with Crippen molar-refractivity contribution in [2.24, 2.45) is 4.99 Å². The fourth-order valence-corrected chi connectivity index (χ4v) is 5.10. The van der Waals surface area contributed by atoms with Crippen molar-refractivity contribution in [1.29, 1.82) is 0 Å². The molecule has 2 aliphatic heterocycles. The molecule has 0 radical (unpaired) electrons. The molecule has 1 atom stereocenters. The van der Waals surface area contributed by atoms with E-state index in [0.717, 1.165) is 16.8 Å². The summed E-state index contributed by atoms with van der Waals surface area (Å²) in [5.41, 5.74) is 3.40. The number of nitrogens with one attached hydrogen (secondary N) is 1. The van der Waals surface area contributed by atoms with Crippen molar-refractivity contribution >= 4 is 28.8 Å². The largest absolute Gasteiger partial charge is 0.497 e. The third-order valence-electron chi connectivity index (χ3n) is 5.83. The number of carbonyl (C=O) groups excluding carboxylic acids is 2. The number of pyridine rings is 1. The maximum Gasteiger partial charge on any atom is 0.338 e. The van der Waals surface area contributed by atoms with Crippen LogP contribution in [0, 0.1) is 0 Å². The minimum Gasteiger partial charge on any atom is -0.497 e. The number of esters is 1. The van der Waals surface area contributed by atoms with Crippen LogP contribution in [0.2, 0.25) is 0 Å². The first-order valence-corrected chi connectivity index (χ1v) is 12.7. The number of amides is 1. The van der Waals surface area contributed by atoms with Crippen LogP contribution in [0.5, 0.6) is 11.5 Å². The van der Waals surface area contributed by atoms with Crippen molar-refractivity contribution in [1.82, 2.24) is 15.2 Å². The number of ether oxygens (including phenoxy) is 3. The van der Waals surface area contributed by atoms with E-state index >= 15 is 0 Å². The normalized spacial score (nSPS) is 16.7. The average Bonchev–Trinajstić information content (AvgIpc) is 3.27. The highest BCUT2D eigenvalue weighted by Gasteiger charge is 2.41. The first kappa shape index (κ1) is 26.3. The number of fused-ring (bicyclic) bond motifs is 1. The Kier molecular flexibility index (Phi) is 8.17. The SMILES string of the molecule is COc1cc(OC)cc([C@H]2C(C(=O)OC(C)C)=C(C)N=C3SC=C(CC(=O)NCc4ccncc4)N32)c1. The summed E-state index contributed by atoms with van der Waals surface area (Å²) in [7, 11) is 3.15. The molecule has 3 heterocycles. The molecule has 2 aromatic rings.